The van der Waals surface area contributed by atoms with E-state index in [4.69, 9.17) is 0 Å². The van der Waals surface area contributed by atoms with Crippen LogP contribution in [-0.2, 0) is 14.8 Å². The number of hydrogen-bond donors (Lipinski definition) is 1. The van der Waals surface area contributed by atoms with E-state index in [1.807, 2.05) is 35.2 Å². The monoisotopic (exact) mass is 472 g/mol. The Balaban J connectivity index is 1.38. The van der Waals surface area contributed by atoms with Gasteiger partial charge in [0, 0.05) is 26.2 Å². The van der Waals surface area contributed by atoms with Gasteiger partial charge in [0.05, 0.1) is 11.6 Å². The molecule has 2 aromatic rings. The maximum absolute atomic E-state index is 13.2. The minimum Gasteiger partial charge on any atom is -0.323 e. The van der Waals surface area contributed by atoms with Gasteiger partial charge in [0.1, 0.15) is 5.54 Å². The molecule has 8 nitrogen and oxygen atoms in total. The van der Waals surface area contributed by atoms with Crippen molar-refractivity contribution in [2.45, 2.75) is 44.0 Å². The molecule has 4 rings (SSSR count). The number of hydrogen-bond acceptors (Lipinski definition) is 5. The Hall–Kier alpha value is -2.49. The standard InChI is InChI=1S/C24H32N4O4S/c1-18(2)10-11-24(3)22(29)28(23(30)25-24)17-26-12-14-27(15-13-26)33(31,32)21-9-8-19-6-4-5-7-20(19)16-21/h4-9,16,18H,10-15,17H2,1-3H3,(H,25,30)/t24-/m1/s1. The van der Waals surface area contributed by atoms with Crippen LogP contribution in [0.4, 0.5) is 4.79 Å². The second kappa shape index (κ2) is 9.04. The largest absolute Gasteiger partial charge is 0.326 e. The van der Waals surface area contributed by atoms with E-state index in [1.54, 1.807) is 19.1 Å². The van der Waals surface area contributed by atoms with Crippen molar-refractivity contribution in [2.24, 2.45) is 5.92 Å². The molecule has 2 aliphatic heterocycles. The van der Waals surface area contributed by atoms with Crippen LogP contribution < -0.4 is 5.32 Å². The normalized spacial score (nSPS) is 23.0. The van der Waals surface area contributed by atoms with Crippen molar-refractivity contribution >= 4 is 32.7 Å². The molecule has 0 radical (unpaired) electrons. The highest BCUT2D eigenvalue weighted by Gasteiger charge is 2.48. The fourth-order valence-corrected chi connectivity index (χ4v) is 5.87. The second-order valence-electron chi connectivity index (χ2n) is 9.60. The van der Waals surface area contributed by atoms with Gasteiger partial charge in [-0.05, 0) is 48.6 Å². The number of piperazine rings is 1. The van der Waals surface area contributed by atoms with Gasteiger partial charge in [0.15, 0.2) is 0 Å². The number of fused-ring (bicyclic) bond motifs is 1. The van der Waals surface area contributed by atoms with E-state index in [0.717, 1.165) is 17.2 Å². The number of rotatable bonds is 7. The first-order valence-corrected chi connectivity index (χ1v) is 12.9. The van der Waals surface area contributed by atoms with Gasteiger partial charge in [-0.15, -0.1) is 0 Å². The number of urea groups is 1. The zero-order valence-electron chi connectivity index (χ0n) is 19.5. The summed E-state index contributed by atoms with van der Waals surface area (Å²) >= 11 is 0. The summed E-state index contributed by atoms with van der Waals surface area (Å²) in [7, 11) is -3.61. The summed E-state index contributed by atoms with van der Waals surface area (Å²) < 4.78 is 27.8. The van der Waals surface area contributed by atoms with E-state index in [2.05, 4.69) is 19.2 Å². The summed E-state index contributed by atoms with van der Waals surface area (Å²) in [5.74, 6) is 0.234. The van der Waals surface area contributed by atoms with Crippen molar-refractivity contribution in [2.75, 3.05) is 32.8 Å². The highest BCUT2D eigenvalue weighted by molar-refractivity contribution is 7.89. The molecule has 2 saturated heterocycles. The predicted molar refractivity (Wildman–Crippen MR) is 127 cm³/mol. The third-order valence-corrected chi connectivity index (χ3v) is 8.49. The summed E-state index contributed by atoms with van der Waals surface area (Å²) in [6.45, 7) is 7.66. The zero-order chi connectivity index (χ0) is 23.8. The molecule has 0 spiro atoms. The number of imide groups is 1. The number of benzene rings is 2. The highest BCUT2D eigenvalue weighted by atomic mass is 32.2. The molecule has 2 aliphatic rings. The quantitative estimate of drug-likeness (QED) is 0.626. The van der Waals surface area contributed by atoms with Gasteiger partial charge < -0.3 is 5.32 Å². The molecule has 0 bridgehead atoms. The van der Waals surface area contributed by atoms with E-state index in [-0.39, 0.29) is 23.5 Å². The lowest BCUT2D eigenvalue weighted by Gasteiger charge is -2.35. The minimum absolute atomic E-state index is 0.172. The SMILES string of the molecule is CC(C)CC[C@@]1(C)NC(=O)N(CN2CCN(S(=O)(=O)c3ccc4ccccc4c3)CC2)C1=O. The van der Waals surface area contributed by atoms with Crippen LogP contribution in [0.1, 0.15) is 33.6 Å². The lowest BCUT2D eigenvalue weighted by Crippen LogP contribution is -2.53. The van der Waals surface area contributed by atoms with Crippen molar-refractivity contribution in [3.8, 4) is 0 Å². The van der Waals surface area contributed by atoms with E-state index in [1.165, 1.54) is 9.21 Å². The third-order valence-electron chi connectivity index (χ3n) is 6.60. The fourth-order valence-electron chi connectivity index (χ4n) is 4.41. The smallest absolute Gasteiger partial charge is 0.323 e. The molecule has 0 aliphatic carbocycles. The Morgan fingerprint density at radius 1 is 1.00 bits per heavy atom. The summed E-state index contributed by atoms with van der Waals surface area (Å²) in [6, 6.07) is 12.5. The number of carbonyl (C=O) groups is 2. The van der Waals surface area contributed by atoms with Crippen molar-refractivity contribution in [1.29, 1.82) is 0 Å². The molecule has 0 aromatic heterocycles. The predicted octanol–water partition coefficient (Wildman–Crippen LogP) is 2.85. The molecule has 3 amide bonds. The van der Waals surface area contributed by atoms with Gasteiger partial charge in [-0.3, -0.25) is 9.69 Å². The van der Waals surface area contributed by atoms with Crippen molar-refractivity contribution < 1.29 is 18.0 Å². The first-order chi connectivity index (χ1) is 15.6. The molecule has 2 fully saturated rings. The number of carbonyl (C=O) groups excluding carboxylic acids is 2. The molecule has 0 saturated carbocycles. The lowest BCUT2D eigenvalue weighted by molar-refractivity contribution is -0.132. The first-order valence-electron chi connectivity index (χ1n) is 11.5. The van der Waals surface area contributed by atoms with E-state index < -0.39 is 15.6 Å². The van der Waals surface area contributed by atoms with Crippen molar-refractivity contribution in [3.05, 3.63) is 42.5 Å². The van der Waals surface area contributed by atoms with Gasteiger partial charge in [-0.2, -0.15) is 4.31 Å². The van der Waals surface area contributed by atoms with Crippen LogP contribution in [0, 0.1) is 5.92 Å². The van der Waals surface area contributed by atoms with Gasteiger partial charge in [0.2, 0.25) is 10.0 Å². The maximum atomic E-state index is 13.2. The Bertz CT molecular complexity index is 1160. The Morgan fingerprint density at radius 2 is 1.67 bits per heavy atom. The summed E-state index contributed by atoms with van der Waals surface area (Å²) in [5, 5.41) is 4.73. The number of nitrogens with zero attached hydrogens (tertiary/aromatic N) is 3. The Kier molecular flexibility index (Phi) is 6.48. The van der Waals surface area contributed by atoms with Gasteiger partial charge >= 0.3 is 6.03 Å². The Morgan fingerprint density at radius 3 is 2.33 bits per heavy atom. The average molecular weight is 473 g/mol. The molecule has 9 heteroatoms. The third kappa shape index (κ3) is 4.76. The summed E-state index contributed by atoms with van der Waals surface area (Å²) in [6.07, 6.45) is 1.45. The maximum Gasteiger partial charge on any atom is 0.326 e. The average Bonchev–Trinajstić information content (AvgIpc) is 3.01. The molecular formula is C24H32N4O4S. The molecule has 0 unspecified atom stereocenters. The second-order valence-corrected chi connectivity index (χ2v) is 11.5. The van der Waals surface area contributed by atoms with Crippen molar-refractivity contribution in [1.82, 2.24) is 19.4 Å². The molecular weight excluding hydrogens is 440 g/mol. The molecule has 178 valence electrons. The van der Waals surface area contributed by atoms with E-state index >= 15 is 0 Å². The zero-order valence-corrected chi connectivity index (χ0v) is 20.3. The number of nitrogens with one attached hydrogen (secondary N) is 1. The topological polar surface area (TPSA) is 90.0 Å². The molecule has 1 atom stereocenters. The van der Waals surface area contributed by atoms with Crippen LogP contribution in [0.15, 0.2) is 47.4 Å². The minimum atomic E-state index is -3.61. The van der Waals surface area contributed by atoms with E-state index in [0.29, 0.717) is 38.5 Å². The summed E-state index contributed by atoms with van der Waals surface area (Å²) in [5.41, 5.74) is -0.872. The lowest BCUT2D eigenvalue weighted by atomic mass is 9.92. The van der Waals surface area contributed by atoms with Crippen LogP contribution in [-0.4, -0.2) is 72.8 Å². The van der Waals surface area contributed by atoms with Crippen LogP contribution in [0.3, 0.4) is 0 Å². The molecule has 33 heavy (non-hydrogen) atoms. The first kappa shape index (κ1) is 23.7. The molecule has 1 N–H and O–H groups in total. The van der Waals surface area contributed by atoms with Crippen LogP contribution in [0.5, 0.6) is 0 Å². The number of amides is 3. The van der Waals surface area contributed by atoms with E-state index in [9.17, 15) is 18.0 Å². The molecule has 2 heterocycles. The summed E-state index contributed by atoms with van der Waals surface area (Å²) in [4.78, 5) is 28.9. The highest BCUT2D eigenvalue weighted by Crippen LogP contribution is 2.26. The Labute approximate surface area is 195 Å². The van der Waals surface area contributed by atoms with Crippen LogP contribution >= 0.6 is 0 Å². The number of sulfonamides is 1. The van der Waals surface area contributed by atoms with Crippen molar-refractivity contribution in [3.63, 3.8) is 0 Å². The van der Waals surface area contributed by atoms with Crippen LogP contribution in [0.25, 0.3) is 10.8 Å². The van der Waals surface area contributed by atoms with Gasteiger partial charge in [-0.25, -0.2) is 18.1 Å². The molecule has 2 aromatic carbocycles. The van der Waals surface area contributed by atoms with Gasteiger partial charge in [-0.1, -0.05) is 44.2 Å². The van der Waals surface area contributed by atoms with Gasteiger partial charge in [0.25, 0.3) is 5.91 Å². The fraction of sp³-hybridized carbons (Fsp3) is 0.500. The van der Waals surface area contributed by atoms with Crippen LogP contribution in [0.2, 0.25) is 0 Å².